The summed E-state index contributed by atoms with van der Waals surface area (Å²) in [4.78, 5) is 26.4. The van der Waals surface area contributed by atoms with Crippen LogP contribution in [0.4, 0.5) is 0 Å². The zero-order chi connectivity index (χ0) is 17.8. The number of rotatable bonds is 6. The molecule has 1 aliphatic rings. The van der Waals surface area contributed by atoms with Crippen LogP contribution < -0.4 is 5.32 Å². The van der Waals surface area contributed by atoms with Gasteiger partial charge in [0.1, 0.15) is 5.76 Å². The van der Waals surface area contributed by atoms with Gasteiger partial charge in [0.2, 0.25) is 11.8 Å². The van der Waals surface area contributed by atoms with E-state index < -0.39 is 0 Å². The Balaban J connectivity index is 1.60. The third kappa shape index (κ3) is 4.23. The Labute approximate surface area is 151 Å². The zero-order valence-corrected chi connectivity index (χ0v) is 14.8. The molecular formula is C19H21ClN2O3. The summed E-state index contributed by atoms with van der Waals surface area (Å²) in [7, 11) is 0. The molecule has 1 aromatic heterocycles. The molecule has 2 heterocycles. The van der Waals surface area contributed by atoms with Gasteiger partial charge in [0.25, 0.3) is 0 Å². The Kier molecular flexibility index (Phi) is 5.43. The third-order valence-electron chi connectivity index (χ3n) is 4.51. The standard InChI is InChI=1S/C19H21ClN2O3/c1-2-17(13-5-7-15(20)8-6-13)21-19(24)14-10-18(23)22(11-14)12-16-4-3-9-25-16/h3-9,14,17H,2,10-12H2,1H3,(H,21,24)/t14-,17-/m1/s1. The predicted molar refractivity (Wildman–Crippen MR) is 94.9 cm³/mol. The number of halogens is 1. The second-order valence-electron chi connectivity index (χ2n) is 6.28. The molecule has 1 N–H and O–H groups in total. The molecule has 2 aromatic rings. The monoisotopic (exact) mass is 360 g/mol. The van der Waals surface area contributed by atoms with Crippen LogP contribution >= 0.6 is 11.6 Å². The van der Waals surface area contributed by atoms with Crippen LogP contribution in [-0.2, 0) is 16.1 Å². The van der Waals surface area contributed by atoms with Gasteiger partial charge in [-0.1, -0.05) is 30.7 Å². The molecule has 1 saturated heterocycles. The van der Waals surface area contributed by atoms with E-state index in [1.54, 1.807) is 17.2 Å². The number of carbonyl (C=O) groups excluding carboxylic acids is 2. The molecule has 0 aliphatic carbocycles. The molecule has 3 rings (SSSR count). The normalized spacial score (nSPS) is 18.4. The third-order valence-corrected chi connectivity index (χ3v) is 4.76. The van der Waals surface area contributed by atoms with Gasteiger partial charge in [-0.3, -0.25) is 9.59 Å². The van der Waals surface area contributed by atoms with Gasteiger partial charge in [-0.2, -0.15) is 0 Å². The average Bonchev–Trinajstić information content (AvgIpc) is 3.24. The summed E-state index contributed by atoms with van der Waals surface area (Å²) in [6, 6.07) is 11.0. The molecule has 25 heavy (non-hydrogen) atoms. The van der Waals surface area contributed by atoms with Crippen LogP contribution in [0.1, 0.15) is 37.1 Å². The first-order chi connectivity index (χ1) is 12.1. The van der Waals surface area contributed by atoms with Gasteiger partial charge in [0, 0.05) is 18.0 Å². The van der Waals surface area contributed by atoms with Crippen LogP contribution in [0.25, 0.3) is 0 Å². The van der Waals surface area contributed by atoms with Crippen molar-refractivity contribution >= 4 is 23.4 Å². The molecule has 5 nitrogen and oxygen atoms in total. The van der Waals surface area contributed by atoms with Crippen LogP contribution in [0.15, 0.2) is 47.1 Å². The van der Waals surface area contributed by atoms with E-state index in [1.165, 1.54) is 0 Å². The predicted octanol–water partition coefficient (Wildman–Crippen LogP) is 3.55. The van der Waals surface area contributed by atoms with Gasteiger partial charge in [0.05, 0.1) is 24.8 Å². The van der Waals surface area contributed by atoms with Gasteiger partial charge in [-0.25, -0.2) is 0 Å². The van der Waals surface area contributed by atoms with Crippen molar-refractivity contribution in [1.29, 1.82) is 0 Å². The van der Waals surface area contributed by atoms with E-state index in [9.17, 15) is 9.59 Å². The Morgan fingerprint density at radius 1 is 1.36 bits per heavy atom. The molecule has 0 saturated carbocycles. The van der Waals surface area contributed by atoms with E-state index in [-0.39, 0.29) is 30.2 Å². The van der Waals surface area contributed by atoms with Crippen molar-refractivity contribution in [3.63, 3.8) is 0 Å². The van der Waals surface area contributed by atoms with E-state index in [4.69, 9.17) is 16.0 Å². The maximum Gasteiger partial charge on any atom is 0.225 e. The second-order valence-corrected chi connectivity index (χ2v) is 6.71. The Morgan fingerprint density at radius 3 is 2.76 bits per heavy atom. The molecule has 0 unspecified atom stereocenters. The SMILES string of the molecule is CC[C@@H](NC(=O)[C@@H]1CC(=O)N(Cc2ccco2)C1)c1ccc(Cl)cc1. The van der Waals surface area contributed by atoms with Crippen molar-refractivity contribution < 1.29 is 14.0 Å². The minimum absolute atomic E-state index is 0.0175. The number of amides is 2. The Hall–Kier alpha value is -2.27. The summed E-state index contributed by atoms with van der Waals surface area (Å²) in [5.41, 5.74) is 1.01. The maximum atomic E-state index is 12.6. The number of likely N-dealkylation sites (tertiary alicyclic amines) is 1. The van der Waals surface area contributed by atoms with Crippen molar-refractivity contribution in [2.24, 2.45) is 5.92 Å². The number of nitrogens with zero attached hydrogens (tertiary/aromatic N) is 1. The number of hydrogen-bond donors (Lipinski definition) is 1. The fourth-order valence-corrected chi connectivity index (χ4v) is 3.22. The topological polar surface area (TPSA) is 62.6 Å². The minimum atomic E-state index is -0.330. The first kappa shape index (κ1) is 17.5. The molecule has 1 fully saturated rings. The van der Waals surface area contributed by atoms with Crippen LogP contribution in [0.3, 0.4) is 0 Å². The lowest BCUT2D eigenvalue weighted by Gasteiger charge is -2.20. The zero-order valence-electron chi connectivity index (χ0n) is 14.1. The number of carbonyl (C=O) groups is 2. The van der Waals surface area contributed by atoms with Gasteiger partial charge < -0.3 is 14.6 Å². The van der Waals surface area contributed by atoms with E-state index in [0.29, 0.717) is 18.1 Å². The lowest BCUT2D eigenvalue weighted by Crippen LogP contribution is -2.35. The molecule has 1 aromatic carbocycles. The highest BCUT2D eigenvalue weighted by Gasteiger charge is 2.35. The fraction of sp³-hybridized carbons (Fsp3) is 0.368. The van der Waals surface area contributed by atoms with E-state index in [0.717, 1.165) is 17.7 Å². The van der Waals surface area contributed by atoms with Gasteiger partial charge in [0.15, 0.2) is 0 Å². The minimum Gasteiger partial charge on any atom is -0.467 e. The highest BCUT2D eigenvalue weighted by Crippen LogP contribution is 2.24. The average molecular weight is 361 g/mol. The molecule has 6 heteroatoms. The van der Waals surface area contributed by atoms with E-state index in [1.807, 2.05) is 37.3 Å². The number of nitrogens with one attached hydrogen (secondary N) is 1. The molecule has 0 bridgehead atoms. The fourth-order valence-electron chi connectivity index (χ4n) is 3.10. The summed E-state index contributed by atoms with van der Waals surface area (Å²) in [5, 5.41) is 3.73. The number of benzene rings is 1. The Morgan fingerprint density at radius 2 is 2.12 bits per heavy atom. The van der Waals surface area contributed by atoms with Crippen molar-refractivity contribution in [2.75, 3.05) is 6.54 Å². The molecule has 0 spiro atoms. The largest absolute Gasteiger partial charge is 0.467 e. The van der Waals surface area contributed by atoms with E-state index in [2.05, 4.69) is 5.32 Å². The van der Waals surface area contributed by atoms with Crippen LogP contribution in [0.5, 0.6) is 0 Å². The van der Waals surface area contributed by atoms with Gasteiger partial charge in [-0.05, 0) is 36.2 Å². The van der Waals surface area contributed by atoms with Crippen LogP contribution in [0, 0.1) is 5.92 Å². The molecular weight excluding hydrogens is 340 g/mol. The highest BCUT2D eigenvalue weighted by atomic mass is 35.5. The summed E-state index contributed by atoms with van der Waals surface area (Å²) in [6.07, 6.45) is 2.59. The quantitative estimate of drug-likeness (QED) is 0.856. The molecule has 1 aliphatic heterocycles. The van der Waals surface area contributed by atoms with Crippen molar-refractivity contribution in [3.05, 3.63) is 59.0 Å². The highest BCUT2D eigenvalue weighted by molar-refractivity contribution is 6.30. The molecule has 2 atom stereocenters. The second kappa shape index (κ2) is 7.74. The molecule has 0 radical (unpaired) electrons. The van der Waals surface area contributed by atoms with Crippen LogP contribution in [-0.4, -0.2) is 23.3 Å². The number of hydrogen-bond acceptors (Lipinski definition) is 3. The maximum absolute atomic E-state index is 12.6. The van der Waals surface area contributed by atoms with Crippen molar-refractivity contribution in [1.82, 2.24) is 10.2 Å². The number of furan rings is 1. The summed E-state index contributed by atoms with van der Waals surface area (Å²) in [5.74, 6) is 0.291. The van der Waals surface area contributed by atoms with Gasteiger partial charge in [-0.15, -0.1) is 0 Å². The summed E-state index contributed by atoms with van der Waals surface area (Å²) in [6.45, 7) is 2.84. The van der Waals surface area contributed by atoms with Crippen LogP contribution in [0.2, 0.25) is 5.02 Å². The first-order valence-corrected chi connectivity index (χ1v) is 8.80. The summed E-state index contributed by atoms with van der Waals surface area (Å²) < 4.78 is 5.28. The van der Waals surface area contributed by atoms with Crippen molar-refractivity contribution in [2.45, 2.75) is 32.4 Å². The first-order valence-electron chi connectivity index (χ1n) is 8.42. The lowest BCUT2D eigenvalue weighted by molar-refractivity contribution is -0.129. The lowest BCUT2D eigenvalue weighted by atomic mass is 10.0. The van der Waals surface area contributed by atoms with Gasteiger partial charge >= 0.3 is 0 Å². The molecule has 132 valence electrons. The Bertz CT molecular complexity index is 728. The van der Waals surface area contributed by atoms with E-state index >= 15 is 0 Å². The summed E-state index contributed by atoms with van der Waals surface area (Å²) >= 11 is 5.92. The van der Waals surface area contributed by atoms with Crippen molar-refractivity contribution in [3.8, 4) is 0 Å². The smallest absolute Gasteiger partial charge is 0.225 e. The molecule has 2 amide bonds.